The number of nitrogens with two attached hydrogens (primary N) is 1. The predicted octanol–water partition coefficient (Wildman–Crippen LogP) is 4.23. The molecule has 0 atom stereocenters. The van der Waals surface area contributed by atoms with Crippen molar-refractivity contribution in [1.29, 1.82) is 0 Å². The zero-order chi connectivity index (χ0) is 21.3. The quantitative estimate of drug-likeness (QED) is 0.347. The SMILES string of the molecule is Nc1n[nH]c2c(F)c(CO)cc(-c3ccc(NC(=O)Nc4cccc(F)c4)cc3)c12. The van der Waals surface area contributed by atoms with Crippen molar-refractivity contribution in [2.45, 2.75) is 6.61 Å². The van der Waals surface area contributed by atoms with Gasteiger partial charge in [-0.1, -0.05) is 18.2 Å². The molecule has 0 bridgehead atoms. The van der Waals surface area contributed by atoms with Gasteiger partial charge < -0.3 is 21.5 Å². The van der Waals surface area contributed by atoms with Gasteiger partial charge in [0.2, 0.25) is 0 Å². The Balaban J connectivity index is 1.59. The molecule has 2 amide bonds. The summed E-state index contributed by atoms with van der Waals surface area (Å²) < 4.78 is 27.6. The van der Waals surface area contributed by atoms with Crippen molar-refractivity contribution >= 4 is 34.1 Å². The number of H-pyrrole nitrogens is 1. The molecule has 0 radical (unpaired) electrons. The Morgan fingerprint density at radius 1 is 1.07 bits per heavy atom. The highest BCUT2D eigenvalue weighted by Crippen LogP contribution is 2.35. The van der Waals surface area contributed by atoms with Crippen LogP contribution in [0.5, 0.6) is 0 Å². The van der Waals surface area contributed by atoms with Gasteiger partial charge in [0, 0.05) is 16.9 Å². The number of halogens is 2. The fourth-order valence-corrected chi connectivity index (χ4v) is 3.19. The molecule has 3 aromatic carbocycles. The van der Waals surface area contributed by atoms with E-state index in [0.717, 1.165) is 0 Å². The molecule has 1 heterocycles. The molecule has 0 spiro atoms. The lowest BCUT2D eigenvalue weighted by atomic mass is 9.98. The number of carbonyl (C=O) groups is 1. The monoisotopic (exact) mass is 409 g/mol. The van der Waals surface area contributed by atoms with E-state index in [0.29, 0.717) is 27.9 Å². The molecule has 0 saturated heterocycles. The van der Waals surface area contributed by atoms with Crippen LogP contribution in [0.4, 0.5) is 30.8 Å². The summed E-state index contributed by atoms with van der Waals surface area (Å²) in [6.45, 7) is -0.479. The van der Waals surface area contributed by atoms with Crippen molar-refractivity contribution in [3.05, 3.63) is 71.8 Å². The highest BCUT2D eigenvalue weighted by molar-refractivity contribution is 6.03. The number of rotatable bonds is 4. The van der Waals surface area contributed by atoms with Crippen LogP contribution in [0.15, 0.2) is 54.6 Å². The number of amides is 2. The number of aromatic amines is 1. The van der Waals surface area contributed by atoms with Gasteiger partial charge in [0.1, 0.15) is 11.3 Å². The minimum absolute atomic E-state index is 0.109. The van der Waals surface area contributed by atoms with Crippen LogP contribution in [0.25, 0.3) is 22.0 Å². The van der Waals surface area contributed by atoms with Gasteiger partial charge in [-0.15, -0.1) is 0 Å². The van der Waals surface area contributed by atoms with E-state index in [1.807, 2.05) is 0 Å². The number of aromatic nitrogens is 2. The maximum atomic E-state index is 14.4. The first-order valence-corrected chi connectivity index (χ1v) is 8.96. The van der Waals surface area contributed by atoms with Crippen LogP contribution in [0.1, 0.15) is 5.56 Å². The van der Waals surface area contributed by atoms with Crippen LogP contribution in [0, 0.1) is 11.6 Å². The van der Waals surface area contributed by atoms with E-state index in [1.165, 1.54) is 24.3 Å². The van der Waals surface area contributed by atoms with Crippen molar-refractivity contribution < 1.29 is 18.7 Å². The summed E-state index contributed by atoms with van der Waals surface area (Å²) >= 11 is 0. The number of nitrogens with one attached hydrogen (secondary N) is 3. The van der Waals surface area contributed by atoms with Gasteiger partial charge in [0.15, 0.2) is 11.6 Å². The zero-order valence-electron chi connectivity index (χ0n) is 15.5. The number of carbonyl (C=O) groups excluding carboxylic acids is 1. The highest BCUT2D eigenvalue weighted by atomic mass is 19.1. The molecule has 0 aliphatic carbocycles. The van der Waals surface area contributed by atoms with Crippen molar-refractivity contribution in [2.75, 3.05) is 16.4 Å². The fraction of sp³-hybridized carbons (Fsp3) is 0.0476. The number of hydrogen-bond donors (Lipinski definition) is 5. The van der Waals surface area contributed by atoms with Crippen molar-refractivity contribution in [3.63, 3.8) is 0 Å². The van der Waals surface area contributed by atoms with Crippen LogP contribution in [-0.2, 0) is 6.61 Å². The van der Waals surface area contributed by atoms with Crippen molar-refractivity contribution in [3.8, 4) is 11.1 Å². The Morgan fingerprint density at radius 3 is 2.50 bits per heavy atom. The van der Waals surface area contributed by atoms with E-state index in [9.17, 15) is 18.7 Å². The predicted molar refractivity (Wildman–Crippen MR) is 111 cm³/mol. The largest absolute Gasteiger partial charge is 0.392 e. The number of hydrogen-bond acceptors (Lipinski definition) is 4. The molecule has 0 unspecified atom stereocenters. The lowest BCUT2D eigenvalue weighted by Gasteiger charge is -2.11. The normalized spacial score (nSPS) is 10.9. The number of nitrogens with zero attached hydrogens (tertiary/aromatic N) is 1. The van der Waals surface area contributed by atoms with E-state index in [1.54, 1.807) is 30.3 Å². The summed E-state index contributed by atoms with van der Waals surface area (Å²) in [7, 11) is 0. The van der Waals surface area contributed by atoms with E-state index in [-0.39, 0.29) is 16.9 Å². The molecule has 0 saturated carbocycles. The summed E-state index contributed by atoms with van der Waals surface area (Å²) in [5, 5.41) is 21.5. The molecular weight excluding hydrogens is 392 g/mol. The number of urea groups is 1. The first-order valence-electron chi connectivity index (χ1n) is 8.96. The maximum absolute atomic E-state index is 14.4. The Kier molecular flexibility index (Phi) is 5.03. The number of fused-ring (bicyclic) bond motifs is 1. The first kappa shape index (κ1) is 19.3. The fourth-order valence-electron chi connectivity index (χ4n) is 3.19. The summed E-state index contributed by atoms with van der Waals surface area (Å²) in [5.74, 6) is -0.920. The molecule has 7 nitrogen and oxygen atoms in total. The first-order chi connectivity index (χ1) is 14.5. The minimum Gasteiger partial charge on any atom is -0.392 e. The number of aliphatic hydroxyl groups excluding tert-OH is 1. The Hall–Kier alpha value is -3.98. The van der Waals surface area contributed by atoms with Crippen LogP contribution >= 0.6 is 0 Å². The molecule has 9 heteroatoms. The molecule has 4 aromatic rings. The lowest BCUT2D eigenvalue weighted by molar-refractivity contribution is 0.262. The van der Waals surface area contributed by atoms with Gasteiger partial charge in [0.25, 0.3) is 0 Å². The minimum atomic E-state index is -0.604. The second kappa shape index (κ2) is 7.80. The average Bonchev–Trinajstić information content (AvgIpc) is 3.11. The van der Waals surface area contributed by atoms with Gasteiger partial charge >= 0.3 is 6.03 Å². The Labute approximate surface area is 169 Å². The number of benzene rings is 3. The van der Waals surface area contributed by atoms with Gasteiger partial charge in [0.05, 0.1) is 12.0 Å². The average molecular weight is 409 g/mol. The second-order valence-electron chi connectivity index (χ2n) is 6.58. The molecule has 152 valence electrons. The molecule has 1 aromatic heterocycles. The zero-order valence-corrected chi connectivity index (χ0v) is 15.5. The van der Waals surface area contributed by atoms with Gasteiger partial charge in [-0.2, -0.15) is 5.10 Å². The van der Waals surface area contributed by atoms with Gasteiger partial charge in [-0.3, -0.25) is 5.10 Å². The number of anilines is 3. The van der Waals surface area contributed by atoms with Crippen LogP contribution in [-0.4, -0.2) is 21.3 Å². The molecule has 0 fully saturated rings. The lowest BCUT2D eigenvalue weighted by Crippen LogP contribution is -2.19. The van der Waals surface area contributed by atoms with Gasteiger partial charge in [-0.25, -0.2) is 13.6 Å². The van der Waals surface area contributed by atoms with E-state index >= 15 is 0 Å². The number of nitrogen functional groups attached to an aromatic ring is 1. The summed E-state index contributed by atoms with van der Waals surface area (Å²) in [4.78, 5) is 12.1. The van der Waals surface area contributed by atoms with Crippen molar-refractivity contribution in [1.82, 2.24) is 10.2 Å². The Bertz CT molecular complexity index is 1240. The van der Waals surface area contributed by atoms with E-state index in [2.05, 4.69) is 20.8 Å². The molecular formula is C21H17F2N5O2. The van der Waals surface area contributed by atoms with Crippen LogP contribution < -0.4 is 16.4 Å². The topological polar surface area (TPSA) is 116 Å². The molecule has 6 N–H and O–H groups in total. The van der Waals surface area contributed by atoms with E-state index in [4.69, 9.17) is 5.73 Å². The van der Waals surface area contributed by atoms with Gasteiger partial charge in [-0.05, 0) is 47.5 Å². The summed E-state index contributed by atoms with van der Waals surface area (Å²) in [5.41, 5.74) is 8.22. The highest BCUT2D eigenvalue weighted by Gasteiger charge is 2.17. The summed E-state index contributed by atoms with van der Waals surface area (Å²) in [6, 6.07) is 13.3. The third-order valence-electron chi connectivity index (χ3n) is 4.59. The third-order valence-corrected chi connectivity index (χ3v) is 4.59. The smallest absolute Gasteiger partial charge is 0.323 e. The van der Waals surface area contributed by atoms with Crippen LogP contribution in [0.3, 0.4) is 0 Å². The third kappa shape index (κ3) is 3.65. The molecule has 0 aliphatic rings. The van der Waals surface area contributed by atoms with Crippen molar-refractivity contribution in [2.24, 2.45) is 0 Å². The molecule has 4 rings (SSSR count). The van der Waals surface area contributed by atoms with Crippen LogP contribution in [0.2, 0.25) is 0 Å². The Morgan fingerprint density at radius 2 is 1.80 bits per heavy atom. The molecule has 30 heavy (non-hydrogen) atoms. The maximum Gasteiger partial charge on any atom is 0.323 e. The number of aliphatic hydroxyl groups is 1. The summed E-state index contributed by atoms with van der Waals surface area (Å²) in [6.07, 6.45) is 0. The second-order valence-corrected chi connectivity index (χ2v) is 6.58. The standard InChI is InChI=1S/C21H17F2N5O2/c22-13-2-1-3-15(9-13)26-21(30)25-14-6-4-11(5-7-14)16-8-12(10-29)18(23)19-17(16)20(24)28-27-19/h1-9,29H,10H2,(H3,24,27,28)(H2,25,26,30). The van der Waals surface area contributed by atoms with E-state index < -0.39 is 24.3 Å². The molecule has 0 aliphatic heterocycles.